The summed E-state index contributed by atoms with van der Waals surface area (Å²) in [5.74, 6) is 0.898. The van der Waals surface area contributed by atoms with E-state index in [0.717, 1.165) is 29.8 Å². The molecule has 2 unspecified atom stereocenters. The SMILES string of the molecule is Cc1ccccc1OCC(O)CNC(C)(C)CCC1NCC(=O)N1c1ccccc1. The van der Waals surface area contributed by atoms with Crippen molar-refractivity contribution in [2.45, 2.75) is 51.4 Å². The Morgan fingerprint density at radius 1 is 1.20 bits per heavy atom. The molecule has 30 heavy (non-hydrogen) atoms. The second kappa shape index (κ2) is 10.1. The minimum atomic E-state index is -0.601. The first-order valence-corrected chi connectivity index (χ1v) is 10.6. The van der Waals surface area contributed by atoms with E-state index in [1.54, 1.807) is 0 Å². The summed E-state index contributed by atoms with van der Waals surface area (Å²) in [6.07, 6.45) is 1.05. The molecule has 6 nitrogen and oxygen atoms in total. The first-order valence-electron chi connectivity index (χ1n) is 10.6. The number of hydrogen-bond acceptors (Lipinski definition) is 5. The third kappa shape index (κ3) is 6.05. The number of aryl methyl sites for hydroxylation is 1. The smallest absolute Gasteiger partial charge is 0.242 e. The first kappa shape index (κ1) is 22.3. The molecule has 0 bridgehead atoms. The van der Waals surface area contributed by atoms with Crippen LogP contribution in [0.4, 0.5) is 5.69 Å². The van der Waals surface area contributed by atoms with E-state index in [4.69, 9.17) is 4.74 Å². The van der Waals surface area contributed by atoms with E-state index in [1.165, 1.54) is 0 Å². The lowest BCUT2D eigenvalue weighted by atomic mass is 9.96. The number of carbonyl (C=O) groups is 1. The van der Waals surface area contributed by atoms with Crippen LogP contribution in [0.1, 0.15) is 32.3 Å². The van der Waals surface area contributed by atoms with Gasteiger partial charge in [-0.2, -0.15) is 0 Å². The quantitative estimate of drug-likeness (QED) is 0.561. The number of aliphatic hydroxyl groups excluding tert-OH is 1. The van der Waals surface area contributed by atoms with Crippen LogP contribution < -0.4 is 20.3 Å². The fourth-order valence-corrected chi connectivity index (χ4v) is 3.64. The number of aliphatic hydroxyl groups is 1. The number of β-amino-alcohol motifs (C(OH)–C–C–N with tert-alkyl or cyclic N) is 1. The Balaban J connectivity index is 1.45. The number of hydrogen-bond donors (Lipinski definition) is 3. The van der Waals surface area contributed by atoms with Crippen LogP contribution in [0, 0.1) is 6.92 Å². The zero-order chi connectivity index (χ0) is 21.6. The summed E-state index contributed by atoms with van der Waals surface area (Å²) in [5.41, 5.74) is 1.80. The highest BCUT2D eigenvalue weighted by molar-refractivity contribution is 5.97. The minimum Gasteiger partial charge on any atom is -0.491 e. The summed E-state index contributed by atoms with van der Waals surface area (Å²) >= 11 is 0. The molecule has 6 heteroatoms. The summed E-state index contributed by atoms with van der Waals surface area (Å²) in [4.78, 5) is 14.2. The van der Waals surface area contributed by atoms with Gasteiger partial charge in [0.15, 0.2) is 0 Å². The van der Waals surface area contributed by atoms with E-state index in [2.05, 4.69) is 24.5 Å². The lowest BCUT2D eigenvalue weighted by molar-refractivity contribution is -0.116. The Labute approximate surface area is 179 Å². The van der Waals surface area contributed by atoms with Crippen LogP contribution in [0.25, 0.3) is 0 Å². The number of benzene rings is 2. The van der Waals surface area contributed by atoms with Gasteiger partial charge < -0.3 is 15.2 Å². The molecule has 3 rings (SSSR count). The maximum atomic E-state index is 12.3. The van der Waals surface area contributed by atoms with Gasteiger partial charge in [0.05, 0.1) is 12.7 Å². The van der Waals surface area contributed by atoms with Gasteiger partial charge in [-0.3, -0.25) is 15.0 Å². The molecule has 162 valence electrons. The van der Waals surface area contributed by atoms with Gasteiger partial charge in [0.1, 0.15) is 18.5 Å². The number of anilines is 1. The van der Waals surface area contributed by atoms with Crippen molar-refractivity contribution in [3.63, 3.8) is 0 Å². The van der Waals surface area contributed by atoms with E-state index in [-0.39, 0.29) is 24.2 Å². The zero-order valence-corrected chi connectivity index (χ0v) is 18.1. The van der Waals surface area contributed by atoms with E-state index < -0.39 is 6.10 Å². The topological polar surface area (TPSA) is 73.8 Å². The van der Waals surface area contributed by atoms with Crippen molar-refractivity contribution in [1.29, 1.82) is 0 Å². The lowest BCUT2D eigenvalue weighted by Crippen LogP contribution is -2.46. The summed E-state index contributed by atoms with van der Waals surface area (Å²) in [6.45, 7) is 7.27. The van der Waals surface area contributed by atoms with E-state index >= 15 is 0 Å². The average Bonchev–Trinajstić information content (AvgIpc) is 3.11. The molecular weight excluding hydrogens is 378 g/mol. The van der Waals surface area contributed by atoms with Crippen molar-refractivity contribution < 1.29 is 14.6 Å². The van der Waals surface area contributed by atoms with Gasteiger partial charge in [-0.1, -0.05) is 36.4 Å². The van der Waals surface area contributed by atoms with Gasteiger partial charge in [-0.25, -0.2) is 0 Å². The molecule has 0 aromatic heterocycles. The Kier molecular flexibility index (Phi) is 7.48. The summed E-state index contributed by atoms with van der Waals surface area (Å²) in [7, 11) is 0. The second-order valence-corrected chi connectivity index (χ2v) is 8.53. The Morgan fingerprint density at radius 2 is 1.90 bits per heavy atom. The highest BCUT2D eigenvalue weighted by Gasteiger charge is 2.32. The van der Waals surface area contributed by atoms with Crippen molar-refractivity contribution in [2.24, 2.45) is 0 Å². The fourth-order valence-electron chi connectivity index (χ4n) is 3.64. The minimum absolute atomic E-state index is 0.0183. The monoisotopic (exact) mass is 411 g/mol. The van der Waals surface area contributed by atoms with Crippen LogP contribution in [0.3, 0.4) is 0 Å². The molecule has 2 atom stereocenters. The van der Waals surface area contributed by atoms with Crippen molar-refractivity contribution >= 4 is 11.6 Å². The van der Waals surface area contributed by atoms with E-state index in [9.17, 15) is 9.90 Å². The average molecular weight is 412 g/mol. The number of nitrogens with one attached hydrogen (secondary N) is 2. The second-order valence-electron chi connectivity index (χ2n) is 8.53. The van der Waals surface area contributed by atoms with Gasteiger partial charge in [0.25, 0.3) is 0 Å². The summed E-state index contributed by atoms with van der Waals surface area (Å²) in [6, 6.07) is 17.6. The van der Waals surface area contributed by atoms with Crippen LogP contribution in [-0.4, -0.2) is 48.5 Å². The van der Waals surface area contributed by atoms with Crippen LogP contribution in [0.15, 0.2) is 54.6 Å². The molecule has 2 aromatic carbocycles. The van der Waals surface area contributed by atoms with Crippen LogP contribution in [0.5, 0.6) is 5.75 Å². The van der Waals surface area contributed by atoms with Crippen molar-refractivity contribution in [3.05, 3.63) is 60.2 Å². The largest absolute Gasteiger partial charge is 0.491 e. The van der Waals surface area contributed by atoms with Gasteiger partial charge >= 0.3 is 0 Å². The van der Waals surface area contributed by atoms with Crippen molar-refractivity contribution in [2.75, 3.05) is 24.6 Å². The third-order valence-electron chi connectivity index (χ3n) is 5.49. The molecule has 3 N–H and O–H groups in total. The van der Waals surface area contributed by atoms with E-state index in [1.807, 2.05) is 66.4 Å². The molecule has 0 aliphatic carbocycles. The molecule has 1 fully saturated rings. The van der Waals surface area contributed by atoms with Gasteiger partial charge in [-0.05, 0) is 57.4 Å². The van der Waals surface area contributed by atoms with Crippen LogP contribution in [-0.2, 0) is 4.79 Å². The number of ether oxygens (including phenoxy) is 1. The van der Waals surface area contributed by atoms with Gasteiger partial charge in [0.2, 0.25) is 5.91 Å². The molecule has 1 aliphatic rings. The fraction of sp³-hybridized carbons (Fsp3) is 0.458. The third-order valence-corrected chi connectivity index (χ3v) is 5.49. The molecule has 2 aromatic rings. The number of amides is 1. The number of para-hydroxylation sites is 2. The maximum Gasteiger partial charge on any atom is 0.242 e. The summed E-state index contributed by atoms with van der Waals surface area (Å²) < 4.78 is 5.74. The molecule has 1 aliphatic heterocycles. The normalized spacial score (nSPS) is 17.9. The number of nitrogens with zero attached hydrogens (tertiary/aromatic N) is 1. The molecule has 1 heterocycles. The summed E-state index contributed by atoms with van der Waals surface area (Å²) in [5, 5.41) is 17.1. The Bertz CT molecular complexity index is 825. The van der Waals surface area contributed by atoms with Gasteiger partial charge in [0, 0.05) is 17.8 Å². The molecule has 1 saturated heterocycles. The predicted molar refractivity (Wildman–Crippen MR) is 120 cm³/mol. The molecular formula is C24H33N3O3. The van der Waals surface area contributed by atoms with Gasteiger partial charge in [-0.15, -0.1) is 0 Å². The molecule has 0 saturated carbocycles. The lowest BCUT2D eigenvalue weighted by Gasteiger charge is -2.31. The molecule has 0 spiro atoms. The van der Waals surface area contributed by atoms with Crippen LogP contribution in [0.2, 0.25) is 0 Å². The molecule has 0 radical (unpaired) electrons. The highest BCUT2D eigenvalue weighted by Crippen LogP contribution is 2.24. The van der Waals surface area contributed by atoms with Crippen LogP contribution >= 0.6 is 0 Å². The predicted octanol–water partition coefficient (Wildman–Crippen LogP) is 2.85. The Hall–Kier alpha value is -2.41. The van der Waals surface area contributed by atoms with Crippen molar-refractivity contribution in [1.82, 2.24) is 10.6 Å². The zero-order valence-electron chi connectivity index (χ0n) is 18.1. The maximum absolute atomic E-state index is 12.3. The number of rotatable bonds is 10. The molecule has 1 amide bonds. The first-order chi connectivity index (χ1) is 14.4. The number of carbonyl (C=O) groups excluding carboxylic acids is 1. The highest BCUT2D eigenvalue weighted by atomic mass is 16.5. The Morgan fingerprint density at radius 3 is 2.63 bits per heavy atom. The van der Waals surface area contributed by atoms with E-state index in [0.29, 0.717) is 13.1 Å². The van der Waals surface area contributed by atoms with Crippen molar-refractivity contribution in [3.8, 4) is 5.75 Å². The standard InChI is InChI=1S/C24H33N3O3/c1-18-9-7-8-12-21(18)30-17-20(28)15-26-24(2,3)14-13-22-25-16-23(29)27(22)19-10-5-4-6-11-19/h4-12,20,22,25-26,28H,13-17H2,1-3H3.